The zero-order chi connectivity index (χ0) is 10.8. The van der Waals surface area contributed by atoms with E-state index in [-0.39, 0.29) is 17.6 Å². The molecule has 2 aliphatic rings. The first kappa shape index (κ1) is 13.9. The molecule has 0 aromatic carbocycles. The minimum absolute atomic E-state index is 0. The molecule has 16 heavy (non-hydrogen) atoms. The Morgan fingerprint density at radius 3 is 3.00 bits per heavy atom. The van der Waals surface area contributed by atoms with Gasteiger partial charge in [0.1, 0.15) is 0 Å². The molecule has 90 valence electrons. The van der Waals surface area contributed by atoms with Gasteiger partial charge in [0.25, 0.3) is 5.24 Å². The molecule has 0 atom stereocenters. The molecule has 0 bridgehead atoms. The Kier molecular flexibility index (Phi) is 5.15. The van der Waals surface area contributed by atoms with Crippen molar-refractivity contribution in [2.45, 2.75) is 26.2 Å². The van der Waals surface area contributed by atoms with E-state index in [1.807, 2.05) is 0 Å². The zero-order valence-corrected chi connectivity index (χ0v) is 11.4. The molecule has 6 heteroatoms. The van der Waals surface area contributed by atoms with Gasteiger partial charge in [0, 0.05) is 18.8 Å². The summed E-state index contributed by atoms with van der Waals surface area (Å²) in [4.78, 5) is 18.5. The van der Waals surface area contributed by atoms with E-state index in [1.165, 1.54) is 11.8 Å². The molecular weight excluding hydrogens is 267 g/mol. The van der Waals surface area contributed by atoms with Gasteiger partial charge in [-0.25, -0.2) is 0 Å². The predicted octanol–water partition coefficient (Wildman–Crippen LogP) is 2.99. The fourth-order valence-corrected chi connectivity index (χ4v) is 3.12. The highest BCUT2D eigenvalue weighted by atomic mass is 35.5. The molecule has 0 unspecified atom stereocenters. The second-order valence-electron chi connectivity index (χ2n) is 3.57. The van der Waals surface area contributed by atoms with Crippen LogP contribution >= 0.6 is 35.8 Å². The molecule has 3 nitrogen and oxygen atoms in total. The number of allylic oxidation sites excluding steroid dienone is 2. The van der Waals surface area contributed by atoms with Gasteiger partial charge < -0.3 is 4.90 Å². The third-order valence-electron chi connectivity index (χ3n) is 2.46. The average Bonchev–Trinajstić information content (AvgIpc) is 2.58. The Labute approximate surface area is 111 Å². The molecule has 0 saturated carbocycles. The monoisotopic (exact) mass is 280 g/mol. The minimum atomic E-state index is -0.347. The highest BCUT2D eigenvalue weighted by molar-refractivity contribution is 8.18. The number of carbonyl (C=O) groups excluding carboxylic acids is 1. The van der Waals surface area contributed by atoms with Crippen molar-refractivity contribution in [2.24, 2.45) is 4.99 Å². The Hall–Kier alpha value is -0.190. The molecule has 0 fully saturated rings. The average molecular weight is 281 g/mol. The lowest BCUT2D eigenvalue weighted by Gasteiger charge is -2.24. The van der Waals surface area contributed by atoms with E-state index in [0.29, 0.717) is 4.91 Å². The molecule has 2 aliphatic heterocycles. The van der Waals surface area contributed by atoms with Crippen LogP contribution in [0.1, 0.15) is 26.2 Å². The Balaban J connectivity index is 0.00000128. The van der Waals surface area contributed by atoms with Crippen LogP contribution in [0.3, 0.4) is 0 Å². The highest BCUT2D eigenvalue weighted by Gasteiger charge is 2.32. The number of carbonyl (C=O) groups is 1. The van der Waals surface area contributed by atoms with E-state index in [9.17, 15) is 4.79 Å². The van der Waals surface area contributed by atoms with Crippen LogP contribution in [0.4, 0.5) is 0 Å². The van der Waals surface area contributed by atoms with Gasteiger partial charge in [-0.1, -0.05) is 13.3 Å². The van der Waals surface area contributed by atoms with Crippen LogP contribution in [0.5, 0.6) is 0 Å². The van der Waals surface area contributed by atoms with Gasteiger partial charge in [-0.3, -0.25) is 9.79 Å². The van der Waals surface area contributed by atoms with E-state index >= 15 is 0 Å². The van der Waals surface area contributed by atoms with E-state index in [0.717, 1.165) is 43.2 Å². The largest absolute Gasteiger partial charge is 0.323 e. The second-order valence-corrected chi connectivity index (χ2v) is 4.89. The van der Waals surface area contributed by atoms with Gasteiger partial charge in [-0.05, 0) is 36.2 Å². The number of rotatable bonds is 3. The quantitative estimate of drug-likeness (QED) is 0.745. The third kappa shape index (κ3) is 2.55. The zero-order valence-electron chi connectivity index (χ0n) is 9.03. The first-order valence-electron chi connectivity index (χ1n) is 5.17. The first-order chi connectivity index (χ1) is 7.24. The van der Waals surface area contributed by atoms with Crippen molar-refractivity contribution in [3.8, 4) is 0 Å². The maximum atomic E-state index is 11.3. The van der Waals surface area contributed by atoms with Crippen LogP contribution in [-0.2, 0) is 4.79 Å². The summed E-state index contributed by atoms with van der Waals surface area (Å²) in [6.07, 6.45) is 2.98. The molecule has 0 radical (unpaired) electrons. The van der Waals surface area contributed by atoms with E-state index in [2.05, 4.69) is 16.8 Å². The lowest BCUT2D eigenvalue weighted by molar-refractivity contribution is -0.108. The number of fused-ring (bicyclic) bond motifs is 1. The fourth-order valence-electron chi connectivity index (χ4n) is 1.83. The van der Waals surface area contributed by atoms with Crippen molar-refractivity contribution in [1.29, 1.82) is 0 Å². The number of nitrogens with zero attached hydrogens (tertiary/aromatic N) is 2. The molecule has 0 aliphatic carbocycles. The van der Waals surface area contributed by atoms with E-state index in [4.69, 9.17) is 11.6 Å². The molecule has 2 rings (SSSR count). The topological polar surface area (TPSA) is 32.7 Å². The second kappa shape index (κ2) is 5.94. The Morgan fingerprint density at radius 2 is 2.38 bits per heavy atom. The summed E-state index contributed by atoms with van der Waals surface area (Å²) in [7, 11) is 0. The SMILES string of the molecule is CCCC1=C(C(=O)Cl)SC2=NCCCN21.Cl. The van der Waals surface area contributed by atoms with Crippen LogP contribution in [0.25, 0.3) is 0 Å². The van der Waals surface area contributed by atoms with Gasteiger partial charge in [0.2, 0.25) is 0 Å². The van der Waals surface area contributed by atoms with Crippen molar-refractivity contribution in [3.05, 3.63) is 10.6 Å². The third-order valence-corrected chi connectivity index (χ3v) is 3.92. The molecule has 0 aromatic heterocycles. The summed E-state index contributed by atoms with van der Waals surface area (Å²) in [5.41, 5.74) is 1.07. The highest BCUT2D eigenvalue weighted by Crippen LogP contribution is 2.39. The van der Waals surface area contributed by atoms with Crippen molar-refractivity contribution in [1.82, 2.24) is 4.90 Å². The molecule has 2 heterocycles. The van der Waals surface area contributed by atoms with E-state index < -0.39 is 0 Å². The van der Waals surface area contributed by atoms with Crippen LogP contribution in [0.2, 0.25) is 0 Å². The minimum Gasteiger partial charge on any atom is -0.323 e. The maximum Gasteiger partial charge on any atom is 0.260 e. The maximum absolute atomic E-state index is 11.3. The molecule has 0 aromatic rings. The summed E-state index contributed by atoms with van der Waals surface area (Å²) in [6.45, 7) is 3.93. The van der Waals surface area contributed by atoms with Crippen molar-refractivity contribution < 1.29 is 4.79 Å². The smallest absolute Gasteiger partial charge is 0.260 e. The molecule has 0 saturated heterocycles. The molecule has 0 spiro atoms. The van der Waals surface area contributed by atoms with Gasteiger partial charge in [-0.2, -0.15) is 0 Å². The van der Waals surface area contributed by atoms with Gasteiger partial charge in [0.05, 0.1) is 4.91 Å². The lowest BCUT2D eigenvalue weighted by atomic mass is 10.2. The number of hydrogen-bond donors (Lipinski definition) is 0. The Morgan fingerprint density at radius 1 is 1.62 bits per heavy atom. The lowest BCUT2D eigenvalue weighted by Crippen LogP contribution is -2.29. The first-order valence-corrected chi connectivity index (χ1v) is 6.36. The summed E-state index contributed by atoms with van der Waals surface area (Å²) < 4.78 is 0. The standard InChI is InChI=1S/C10H13ClN2OS.ClH/c1-2-4-7-8(9(11)14)15-10-12-5-3-6-13(7)10;/h2-6H2,1H3;1H. The van der Waals surface area contributed by atoms with Crippen molar-refractivity contribution in [3.63, 3.8) is 0 Å². The number of amidine groups is 1. The van der Waals surface area contributed by atoms with Crippen molar-refractivity contribution in [2.75, 3.05) is 13.1 Å². The Bertz CT molecular complexity index is 355. The molecule has 0 N–H and O–H groups in total. The molecule has 0 amide bonds. The van der Waals surface area contributed by atoms with E-state index in [1.54, 1.807) is 0 Å². The van der Waals surface area contributed by atoms with Gasteiger partial charge in [-0.15, -0.1) is 12.4 Å². The van der Waals surface area contributed by atoms with Crippen LogP contribution in [0.15, 0.2) is 15.6 Å². The van der Waals surface area contributed by atoms with Crippen molar-refractivity contribution >= 4 is 46.2 Å². The summed E-state index contributed by atoms with van der Waals surface area (Å²) in [5, 5.41) is 0.606. The number of aliphatic imine (C=N–C) groups is 1. The fraction of sp³-hybridized carbons (Fsp3) is 0.600. The predicted molar refractivity (Wildman–Crippen MR) is 71.3 cm³/mol. The molecular formula is C10H14Cl2N2OS. The summed E-state index contributed by atoms with van der Waals surface area (Å²) in [6, 6.07) is 0. The summed E-state index contributed by atoms with van der Waals surface area (Å²) in [5.74, 6) is 0. The van der Waals surface area contributed by atoms with Crippen LogP contribution in [-0.4, -0.2) is 28.4 Å². The van der Waals surface area contributed by atoms with Crippen LogP contribution < -0.4 is 0 Å². The van der Waals surface area contributed by atoms with Gasteiger partial charge in [0.15, 0.2) is 5.17 Å². The number of hydrogen-bond acceptors (Lipinski definition) is 4. The van der Waals surface area contributed by atoms with Gasteiger partial charge >= 0.3 is 0 Å². The van der Waals surface area contributed by atoms with Crippen LogP contribution in [0, 0.1) is 0 Å². The number of halogens is 2. The number of thioether (sulfide) groups is 1. The summed E-state index contributed by atoms with van der Waals surface area (Å²) >= 11 is 7.01. The normalized spacial score (nSPS) is 19.1.